The summed E-state index contributed by atoms with van der Waals surface area (Å²) in [7, 11) is 0. The van der Waals surface area contributed by atoms with Gasteiger partial charge in [-0.15, -0.1) is 0 Å². The van der Waals surface area contributed by atoms with Crippen LogP contribution in [0.5, 0.6) is 5.75 Å². The first-order valence-corrected chi connectivity index (χ1v) is 5.87. The van der Waals surface area contributed by atoms with Crippen molar-refractivity contribution in [3.63, 3.8) is 0 Å². The highest BCUT2D eigenvalue weighted by molar-refractivity contribution is 5.71. The third kappa shape index (κ3) is 3.16. The number of nitrogens with zero attached hydrogens (tertiary/aromatic N) is 3. The maximum Gasteiger partial charge on any atom is 0.415 e. The first kappa shape index (κ1) is 13.2. The smallest absolute Gasteiger partial charge is 0.406 e. The number of pyridine rings is 1. The number of nitro groups is 1. The lowest BCUT2D eigenvalue weighted by molar-refractivity contribution is -0.389. The SMILES string of the molecule is Cc1nc([N+](=O)[O-])ccc1OC(=O)N1CCNCC1. The van der Waals surface area contributed by atoms with Crippen molar-refractivity contribution in [2.75, 3.05) is 26.2 Å². The lowest BCUT2D eigenvalue weighted by atomic mass is 10.3. The van der Waals surface area contributed by atoms with E-state index >= 15 is 0 Å². The van der Waals surface area contributed by atoms with Gasteiger partial charge >= 0.3 is 11.9 Å². The molecule has 8 heteroatoms. The number of hydrogen-bond acceptors (Lipinski definition) is 6. The average molecular weight is 266 g/mol. The summed E-state index contributed by atoms with van der Waals surface area (Å²) in [6, 6.07) is 2.61. The molecule has 0 aromatic carbocycles. The highest BCUT2D eigenvalue weighted by Gasteiger charge is 2.21. The van der Waals surface area contributed by atoms with Crippen molar-refractivity contribution in [1.82, 2.24) is 15.2 Å². The van der Waals surface area contributed by atoms with Crippen LogP contribution in [-0.2, 0) is 0 Å². The number of carbonyl (C=O) groups is 1. The number of ether oxygens (including phenoxy) is 1. The molecule has 1 aliphatic rings. The van der Waals surface area contributed by atoms with Gasteiger partial charge in [0.2, 0.25) is 0 Å². The Hall–Kier alpha value is -2.22. The van der Waals surface area contributed by atoms with E-state index in [9.17, 15) is 14.9 Å². The van der Waals surface area contributed by atoms with Crippen LogP contribution in [0.2, 0.25) is 0 Å². The molecule has 0 aliphatic carbocycles. The highest BCUT2D eigenvalue weighted by Crippen LogP contribution is 2.20. The van der Waals surface area contributed by atoms with Crippen molar-refractivity contribution in [3.8, 4) is 5.75 Å². The van der Waals surface area contributed by atoms with Crippen molar-refractivity contribution < 1.29 is 14.5 Å². The predicted molar refractivity (Wildman–Crippen MR) is 66.1 cm³/mol. The molecular formula is C11H14N4O4. The number of nitrogens with one attached hydrogen (secondary N) is 1. The zero-order chi connectivity index (χ0) is 13.8. The van der Waals surface area contributed by atoms with E-state index in [1.165, 1.54) is 12.1 Å². The Balaban J connectivity index is 2.06. The largest absolute Gasteiger partial charge is 0.415 e. The van der Waals surface area contributed by atoms with Gasteiger partial charge in [0.1, 0.15) is 0 Å². The minimum atomic E-state index is -0.588. The molecule has 1 amide bonds. The molecule has 2 rings (SSSR count). The summed E-state index contributed by atoms with van der Waals surface area (Å²) in [5.74, 6) is -0.0198. The lowest BCUT2D eigenvalue weighted by Gasteiger charge is -2.26. The summed E-state index contributed by atoms with van der Waals surface area (Å²) >= 11 is 0. The van der Waals surface area contributed by atoms with Gasteiger partial charge in [-0.2, -0.15) is 0 Å². The molecule has 2 heterocycles. The normalized spacial score (nSPS) is 15.1. The maximum atomic E-state index is 11.9. The van der Waals surface area contributed by atoms with Gasteiger partial charge < -0.3 is 25.1 Å². The van der Waals surface area contributed by atoms with E-state index in [0.29, 0.717) is 18.8 Å². The molecule has 1 saturated heterocycles. The molecule has 1 aromatic rings. The molecule has 0 radical (unpaired) electrons. The minimum Gasteiger partial charge on any atom is -0.406 e. The second kappa shape index (κ2) is 5.61. The Bertz CT molecular complexity index is 499. The molecule has 1 aliphatic heterocycles. The third-order valence-electron chi connectivity index (χ3n) is 2.78. The van der Waals surface area contributed by atoms with Crippen molar-refractivity contribution in [1.29, 1.82) is 0 Å². The molecule has 102 valence electrons. The Morgan fingerprint density at radius 1 is 1.47 bits per heavy atom. The van der Waals surface area contributed by atoms with E-state index in [4.69, 9.17) is 4.74 Å². The number of hydrogen-bond donors (Lipinski definition) is 1. The van der Waals surface area contributed by atoms with Crippen molar-refractivity contribution >= 4 is 11.9 Å². The molecule has 1 N–H and O–H groups in total. The third-order valence-corrected chi connectivity index (χ3v) is 2.78. The summed E-state index contributed by atoms with van der Waals surface area (Å²) in [6.07, 6.45) is -0.458. The monoisotopic (exact) mass is 266 g/mol. The molecule has 0 spiro atoms. The van der Waals surface area contributed by atoms with Crippen LogP contribution in [0.25, 0.3) is 0 Å². The minimum absolute atomic E-state index is 0.245. The van der Waals surface area contributed by atoms with Crippen LogP contribution in [0, 0.1) is 17.0 Å². The van der Waals surface area contributed by atoms with Crippen LogP contribution in [0.1, 0.15) is 5.69 Å². The number of amides is 1. The second-order valence-corrected chi connectivity index (χ2v) is 4.12. The molecule has 0 atom stereocenters. The quantitative estimate of drug-likeness (QED) is 0.625. The number of aryl methyl sites for hydroxylation is 1. The molecular weight excluding hydrogens is 252 g/mol. The van der Waals surface area contributed by atoms with Gasteiger partial charge in [-0.3, -0.25) is 0 Å². The van der Waals surface area contributed by atoms with E-state index in [1.807, 2.05) is 0 Å². The van der Waals surface area contributed by atoms with E-state index in [1.54, 1.807) is 11.8 Å². The molecule has 1 aromatic heterocycles. The summed E-state index contributed by atoms with van der Waals surface area (Å²) in [5.41, 5.74) is 0.317. The summed E-state index contributed by atoms with van der Waals surface area (Å²) < 4.78 is 5.19. The fourth-order valence-electron chi connectivity index (χ4n) is 1.75. The summed E-state index contributed by atoms with van der Waals surface area (Å²) in [6.45, 7) is 4.18. The van der Waals surface area contributed by atoms with Crippen molar-refractivity contribution in [2.24, 2.45) is 0 Å². The molecule has 19 heavy (non-hydrogen) atoms. The Morgan fingerprint density at radius 3 is 2.74 bits per heavy atom. The van der Waals surface area contributed by atoms with E-state index in [-0.39, 0.29) is 11.6 Å². The molecule has 0 saturated carbocycles. The van der Waals surface area contributed by atoms with E-state index < -0.39 is 11.0 Å². The first-order chi connectivity index (χ1) is 9.08. The van der Waals surface area contributed by atoms with Gasteiger partial charge in [0.25, 0.3) is 0 Å². The summed E-state index contributed by atoms with van der Waals surface area (Å²) in [4.78, 5) is 27.2. The van der Waals surface area contributed by atoms with Crippen LogP contribution < -0.4 is 10.1 Å². The standard InChI is InChI=1S/C11H14N4O4/c1-8-9(2-3-10(13-8)15(17)18)19-11(16)14-6-4-12-5-7-14/h2-3,12H,4-7H2,1H3. The van der Waals surface area contributed by atoms with E-state index in [0.717, 1.165) is 13.1 Å². The topological polar surface area (TPSA) is 97.6 Å². The van der Waals surface area contributed by atoms with E-state index in [2.05, 4.69) is 10.3 Å². The fourth-order valence-corrected chi connectivity index (χ4v) is 1.75. The molecule has 0 bridgehead atoms. The first-order valence-electron chi connectivity index (χ1n) is 5.87. The Kier molecular flexibility index (Phi) is 3.91. The number of piperazine rings is 1. The maximum absolute atomic E-state index is 11.9. The van der Waals surface area contributed by atoms with Gasteiger partial charge in [0, 0.05) is 39.2 Å². The van der Waals surface area contributed by atoms with Gasteiger partial charge in [-0.25, -0.2) is 4.79 Å². The number of carbonyl (C=O) groups excluding carboxylic acids is 1. The van der Waals surface area contributed by atoms with Crippen LogP contribution in [0.3, 0.4) is 0 Å². The van der Waals surface area contributed by atoms with Crippen molar-refractivity contribution in [2.45, 2.75) is 6.92 Å². The van der Waals surface area contributed by atoms with Gasteiger partial charge in [-0.05, 0) is 16.0 Å². The Labute approximate surface area is 109 Å². The van der Waals surface area contributed by atoms with Crippen LogP contribution in [0.15, 0.2) is 12.1 Å². The van der Waals surface area contributed by atoms with Gasteiger partial charge in [-0.1, -0.05) is 0 Å². The predicted octanol–water partition coefficient (Wildman–Crippen LogP) is 0.702. The fraction of sp³-hybridized carbons (Fsp3) is 0.455. The second-order valence-electron chi connectivity index (χ2n) is 4.12. The van der Waals surface area contributed by atoms with Crippen molar-refractivity contribution in [3.05, 3.63) is 27.9 Å². The zero-order valence-corrected chi connectivity index (χ0v) is 10.5. The van der Waals surface area contributed by atoms with Gasteiger partial charge in [0.05, 0.1) is 0 Å². The van der Waals surface area contributed by atoms with Crippen LogP contribution in [0.4, 0.5) is 10.6 Å². The lowest BCUT2D eigenvalue weighted by Crippen LogP contribution is -2.47. The number of aromatic nitrogens is 1. The van der Waals surface area contributed by atoms with Gasteiger partial charge in [0.15, 0.2) is 11.4 Å². The molecule has 0 unspecified atom stereocenters. The number of rotatable bonds is 2. The molecule has 1 fully saturated rings. The average Bonchev–Trinajstić information content (AvgIpc) is 2.41. The Morgan fingerprint density at radius 2 is 2.16 bits per heavy atom. The zero-order valence-electron chi connectivity index (χ0n) is 10.5. The molecule has 8 nitrogen and oxygen atoms in total. The highest BCUT2D eigenvalue weighted by atomic mass is 16.6. The van der Waals surface area contributed by atoms with Crippen LogP contribution >= 0.6 is 0 Å². The van der Waals surface area contributed by atoms with Crippen LogP contribution in [-0.4, -0.2) is 47.1 Å². The summed E-state index contributed by atoms with van der Waals surface area (Å²) in [5, 5.41) is 13.7.